The third-order valence-electron chi connectivity index (χ3n) is 12.0. The van der Waals surface area contributed by atoms with Crippen molar-refractivity contribution in [3.8, 4) is 45.5 Å². The van der Waals surface area contributed by atoms with Crippen LogP contribution in [0.25, 0.3) is 111 Å². The van der Waals surface area contributed by atoms with Gasteiger partial charge in [-0.3, -0.25) is 0 Å². The predicted molar refractivity (Wildman–Crippen MR) is 264 cm³/mol. The molecule has 0 bridgehead atoms. The lowest BCUT2D eigenvalue weighted by atomic mass is 9.74. The minimum absolute atomic E-state index is 0.379. The Bertz CT molecular complexity index is 3810. The molecular weight excluding hydrogens is 763 g/mol. The first-order valence-electron chi connectivity index (χ1n) is 20.4. The van der Waals surface area contributed by atoms with E-state index < -0.39 is 0 Å². The summed E-state index contributed by atoms with van der Waals surface area (Å²) in [5.74, 6) is 1.57. The molecule has 12 rings (SSSR count). The highest BCUT2D eigenvalue weighted by molar-refractivity contribution is 6.61. The summed E-state index contributed by atoms with van der Waals surface area (Å²) in [6.07, 6.45) is 0. The molecule has 12 heteroatoms. The van der Waals surface area contributed by atoms with Crippen LogP contribution in [-0.4, -0.2) is 71.2 Å². The zero-order chi connectivity index (χ0) is 42.7. The van der Waals surface area contributed by atoms with Gasteiger partial charge in [-0.15, -0.1) is 0 Å². The van der Waals surface area contributed by atoms with Gasteiger partial charge < -0.3 is 13.6 Å². The molecule has 0 atom stereocenters. The van der Waals surface area contributed by atoms with Crippen molar-refractivity contribution in [2.75, 3.05) is 0 Å². The molecule has 0 aliphatic carbocycles. The van der Waals surface area contributed by atoms with Crippen LogP contribution in [-0.2, 0) is 0 Å². The quantitative estimate of drug-likeness (QED) is 0.209. The molecule has 8 aromatic carbocycles. The smallest absolute Gasteiger partial charge is 0.167 e. The van der Waals surface area contributed by atoms with Gasteiger partial charge in [-0.25, -0.2) is 15.0 Å². The lowest BCUT2D eigenvalue weighted by Gasteiger charge is -2.16. The second kappa shape index (κ2) is 14.0. The van der Waals surface area contributed by atoms with Crippen LogP contribution < -0.4 is 32.8 Å². The summed E-state index contributed by atoms with van der Waals surface area (Å²) < 4.78 is 11.2. The van der Waals surface area contributed by atoms with E-state index in [1.807, 2.05) is 133 Å². The summed E-state index contributed by atoms with van der Waals surface area (Å²) in [7, 11) is 41.4. The lowest BCUT2D eigenvalue weighted by Crippen LogP contribution is -2.27. The van der Waals surface area contributed by atoms with E-state index in [0.29, 0.717) is 83.3 Å². The monoisotopic (exact) mass is 789 g/mol. The van der Waals surface area contributed by atoms with Gasteiger partial charge in [-0.05, 0) is 30.3 Å². The number of hydrogen-bond donors (Lipinski definition) is 0. The minimum Gasteiger partial charge on any atom is -0.455 e. The minimum atomic E-state index is 0.379. The molecule has 12 radical (unpaired) electrons. The standard InChI is InChI=1S/C51H25B6N5O/c52-28-22-33-40-42(56)43(57)41-34-23-29(53)25-36(55)45(34)62(47(41)46(40)61(44(33)35(54)24-28)30-16-8-3-9-17-30)37-20-11-21-38-39(37)31-18-10-19-32(48(31)63-38)51-59-49(26-12-4-1-5-13-26)58-50(60-51)27-14-6-2-7-15-27/h1-25H. The zero-order valence-corrected chi connectivity index (χ0v) is 33.5. The fraction of sp³-hybridized carbons (Fsp3) is 0. The van der Waals surface area contributed by atoms with Crippen molar-refractivity contribution in [2.24, 2.45) is 0 Å². The first-order chi connectivity index (χ1) is 30.7. The highest BCUT2D eigenvalue weighted by atomic mass is 16.3. The van der Waals surface area contributed by atoms with Gasteiger partial charge >= 0.3 is 0 Å². The third-order valence-corrected chi connectivity index (χ3v) is 12.0. The molecule has 0 aliphatic heterocycles. The number of rotatable bonds is 5. The van der Waals surface area contributed by atoms with Crippen molar-refractivity contribution in [1.29, 1.82) is 0 Å². The highest BCUT2D eigenvalue weighted by Gasteiger charge is 2.28. The summed E-state index contributed by atoms with van der Waals surface area (Å²) in [6.45, 7) is 0. The van der Waals surface area contributed by atoms with Gasteiger partial charge in [0.1, 0.15) is 58.2 Å². The molecule has 0 spiro atoms. The molecule has 4 aromatic heterocycles. The molecule has 0 saturated carbocycles. The van der Waals surface area contributed by atoms with Crippen molar-refractivity contribution in [1.82, 2.24) is 24.1 Å². The SMILES string of the molecule is [B]c1cc([B])c2c(c1)c1c([B])c([B])c3c4cc([B])cc([B])c4n(-c4cccc5oc6c(-c7nc(-c8ccccc8)nc(-c8ccccc8)n7)cccc6c45)c3c1n2-c1ccccc1. The van der Waals surface area contributed by atoms with Gasteiger partial charge in [0.15, 0.2) is 17.5 Å². The van der Waals surface area contributed by atoms with E-state index in [2.05, 4.69) is 15.2 Å². The Labute approximate surface area is 369 Å². The Morgan fingerprint density at radius 2 is 0.921 bits per heavy atom. The molecular formula is C51H25B6N5O. The van der Waals surface area contributed by atoms with Gasteiger partial charge in [0.05, 0.1) is 27.7 Å². The van der Waals surface area contributed by atoms with Gasteiger partial charge in [-0.2, -0.15) is 0 Å². The fourth-order valence-electron chi connectivity index (χ4n) is 9.40. The highest BCUT2D eigenvalue weighted by Crippen LogP contribution is 2.43. The lowest BCUT2D eigenvalue weighted by molar-refractivity contribution is 0.669. The summed E-state index contributed by atoms with van der Waals surface area (Å²) >= 11 is 0. The van der Waals surface area contributed by atoms with E-state index in [-0.39, 0.29) is 0 Å². The first kappa shape index (κ1) is 37.3. The average Bonchev–Trinajstić information content (AvgIpc) is 3.97. The first-order valence-corrected chi connectivity index (χ1v) is 20.4. The van der Waals surface area contributed by atoms with Crippen LogP contribution in [0.4, 0.5) is 0 Å². The maximum Gasteiger partial charge on any atom is 0.167 e. The number of nitrogens with zero attached hydrogens (tertiary/aromatic N) is 5. The summed E-state index contributed by atoms with van der Waals surface area (Å²) in [5, 5.41) is 4.57. The number of fused-ring (bicyclic) bond motifs is 10. The topological polar surface area (TPSA) is 61.7 Å². The van der Waals surface area contributed by atoms with E-state index in [1.54, 1.807) is 12.1 Å². The van der Waals surface area contributed by atoms with E-state index >= 15 is 0 Å². The van der Waals surface area contributed by atoms with Gasteiger partial charge in [0.2, 0.25) is 0 Å². The molecule has 6 nitrogen and oxygen atoms in total. The van der Waals surface area contributed by atoms with Gasteiger partial charge in [-0.1, -0.05) is 154 Å². The molecule has 12 aromatic rings. The van der Waals surface area contributed by atoms with Crippen LogP contribution in [0, 0.1) is 0 Å². The number of furan rings is 1. The summed E-state index contributed by atoms with van der Waals surface area (Å²) in [4.78, 5) is 15.0. The molecule has 4 heterocycles. The average molecular weight is 789 g/mol. The van der Waals surface area contributed by atoms with E-state index in [9.17, 15) is 0 Å². The summed E-state index contributed by atoms with van der Waals surface area (Å²) in [6, 6.07) is 49.1. The van der Waals surface area contributed by atoms with Crippen molar-refractivity contribution in [2.45, 2.75) is 0 Å². The maximum atomic E-state index is 7.20. The predicted octanol–water partition coefficient (Wildman–Crippen LogP) is 5.73. The van der Waals surface area contributed by atoms with Crippen LogP contribution >= 0.6 is 0 Å². The maximum absolute atomic E-state index is 7.20. The van der Waals surface area contributed by atoms with Crippen LogP contribution in [0.3, 0.4) is 0 Å². The second-order valence-electron chi connectivity index (χ2n) is 15.8. The zero-order valence-electron chi connectivity index (χ0n) is 33.5. The number of benzene rings is 8. The molecule has 0 unspecified atom stereocenters. The van der Waals surface area contributed by atoms with Crippen molar-refractivity contribution >= 4 is 145 Å². The normalized spacial score (nSPS) is 11.9. The fourth-order valence-corrected chi connectivity index (χ4v) is 9.40. The van der Waals surface area contributed by atoms with E-state index in [0.717, 1.165) is 60.6 Å². The molecule has 63 heavy (non-hydrogen) atoms. The number of para-hydroxylation sites is 2. The Hall–Kier alpha value is -7.44. The van der Waals surface area contributed by atoms with Gasteiger partial charge in [0, 0.05) is 54.8 Å². The van der Waals surface area contributed by atoms with Crippen molar-refractivity contribution < 1.29 is 4.42 Å². The Balaban J connectivity index is 1.23. The van der Waals surface area contributed by atoms with Crippen molar-refractivity contribution in [3.63, 3.8) is 0 Å². The summed E-state index contributed by atoms with van der Waals surface area (Å²) in [5.41, 5.74) is 11.0. The van der Waals surface area contributed by atoms with Crippen LogP contribution in [0.2, 0.25) is 0 Å². The number of aromatic nitrogens is 5. The molecule has 0 saturated heterocycles. The second-order valence-corrected chi connectivity index (χ2v) is 15.8. The Morgan fingerprint density at radius 1 is 0.413 bits per heavy atom. The molecule has 278 valence electrons. The van der Waals surface area contributed by atoms with Crippen LogP contribution in [0.15, 0.2) is 156 Å². The molecule has 0 N–H and O–H groups in total. The van der Waals surface area contributed by atoms with Crippen LogP contribution in [0.1, 0.15) is 0 Å². The number of hydrogen-bond acceptors (Lipinski definition) is 4. The van der Waals surface area contributed by atoms with E-state index in [4.69, 9.17) is 66.4 Å². The van der Waals surface area contributed by atoms with Crippen molar-refractivity contribution in [3.05, 3.63) is 152 Å². The molecule has 0 amide bonds. The van der Waals surface area contributed by atoms with Crippen LogP contribution in [0.5, 0.6) is 0 Å². The third kappa shape index (κ3) is 5.57. The molecule has 0 aliphatic rings. The van der Waals surface area contributed by atoms with Gasteiger partial charge in [0.25, 0.3) is 0 Å². The van der Waals surface area contributed by atoms with E-state index in [1.165, 1.54) is 0 Å². The Kier molecular flexibility index (Phi) is 8.32. The molecule has 0 fully saturated rings. The Morgan fingerprint density at radius 3 is 1.51 bits per heavy atom. The largest absolute Gasteiger partial charge is 0.455 e.